The van der Waals surface area contributed by atoms with Gasteiger partial charge in [-0.25, -0.2) is 5.01 Å². The van der Waals surface area contributed by atoms with E-state index in [9.17, 15) is 4.79 Å². The van der Waals surface area contributed by atoms with Crippen LogP contribution in [-0.4, -0.2) is 29.8 Å². The van der Waals surface area contributed by atoms with Gasteiger partial charge >= 0.3 is 0 Å². The zero-order valence-electron chi connectivity index (χ0n) is 15.3. The average Bonchev–Trinajstić information content (AvgIpc) is 3.01. The fourth-order valence-corrected chi connectivity index (χ4v) is 2.91. The van der Waals surface area contributed by atoms with E-state index in [-0.39, 0.29) is 11.7 Å². The summed E-state index contributed by atoms with van der Waals surface area (Å²) >= 11 is 6.28. The average molecular weight is 399 g/mol. The monoisotopic (exact) mass is 398 g/mol. The highest BCUT2D eigenvalue weighted by Gasteiger charge is 2.32. The van der Waals surface area contributed by atoms with Gasteiger partial charge < -0.3 is 15.8 Å². The molecular weight excluding hydrogens is 380 g/mol. The second kappa shape index (κ2) is 8.01. The van der Waals surface area contributed by atoms with E-state index >= 15 is 0 Å². The number of nitrogens with one attached hydrogen (secondary N) is 3. The number of carbonyl (C=O) groups excluding carboxylic acids is 1. The molecule has 3 rings (SSSR count). The number of hydrogen-bond donors (Lipinski definition) is 4. The number of allylic oxidation sites excluding steroid dienone is 3. The summed E-state index contributed by atoms with van der Waals surface area (Å²) in [6, 6.07) is 7.41. The molecule has 0 spiro atoms. The van der Waals surface area contributed by atoms with Crippen LogP contribution >= 0.6 is 11.6 Å². The second-order valence-corrected chi connectivity index (χ2v) is 6.31. The summed E-state index contributed by atoms with van der Waals surface area (Å²) in [7, 11) is 1.36. The minimum atomic E-state index is -0.535. The van der Waals surface area contributed by atoms with Crippen LogP contribution in [0.15, 0.2) is 70.8 Å². The third-order valence-electron chi connectivity index (χ3n) is 4.00. The first kappa shape index (κ1) is 19.2. The number of methoxy groups -OCH3 is 1. The smallest absolute Gasteiger partial charge is 0.299 e. The van der Waals surface area contributed by atoms with E-state index in [1.165, 1.54) is 19.3 Å². The molecule has 0 unspecified atom stereocenters. The molecule has 0 atom stereocenters. The predicted molar refractivity (Wildman–Crippen MR) is 109 cm³/mol. The van der Waals surface area contributed by atoms with E-state index in [4.69, 9.17) is 27.5 Å². The Balaban J connectivity index is 1.83. The van der Waals surface area contributed by atoms with Crippen molar-refractivity contribution < 1.29 is 9.53 Å². The van der Waals surface area contributed by atoms with Gasteiger partial charge in [0.1, 0.15) is 11.7 Å². The van der Waals surface area contributed by atoms with Gasteiger partial charge in [0, 0.05) is 22.4 Å². The van der Waals surface area contributed by atoms with Gasteiger partial charge in [0.15, 0.2) is 5.70 Å². The Morgan fingerprint density at radius 1 is 1.32 bits per heavy atom. The maximum atomic E-state index is 12.7. The molecule has 8 nitrogen and oxygen atoms in total. The highest BCUT2D eigenvalue weighted by Crippen LogP contribution is 2.30. The lowest BCUT2D eigenvalue weighted by Crippen LogP contribution is -2.38. The molecular formula is C19H19ClN6O2. The van der Waals surface area contributed by atoms with Crippen molar-refractivity contribution >= 4 is 34.9 Å². The molecule has 28 heavy (non-hydrogen) atoms. The van der Waals surface area contributed by atoms with Crippen LogP contribution in [0.1, 0.15) is 12.5 Å². The molecule has 0 bridgehead atoms. The number of nitrogens with two attached hydrogens (primary N) is 1. The number of ether oxygens (including phenoxy) is 1. The zero-order valence-corrected chi connectivity index (χ0v) is 16.0. The highest BCUT2D eigenvalue weighted by atomic mass is 35.5. The number of fused-ring (bicyclic) bond motifs is 1. The van der Waals surface area contributed by atoms with E-state index in [1.54, 1.807) is 18.0 Å². The van der Waals surface area contributed by atoms with Gasteiger partial charge in [-0.05, 0) is 31.2 Å². The molecule has 2 heterocycles. The van der Waals surface area contributed by atoms with Crippen molar-refractivity contribution in [3.05, 3.63) is 76.4 Å². The third-order valence-corrected chi connectivity index (χ3v) is 4.33. The Hall–Kier alpha value is -3.52. The highest BCUT2D eigenvalue weighted by molar-refractivity contribution is 6.32. The topological polar surface area (TPSA) is 116 Å². The summed E-state index contributed by atoms with van der Waals surface area (Å²) < 4.78 is 4.70. The standard InChI is InChI=1S/C19H19ClN6O2/c1-11-18(19(27)24-15(21)8-9-16(22)28-2)26-17(23-11)10-7-14(25-26)12-5-3-4-6-13(12)20/h3-10,22-23,25H,1-2H3,(H2,21,24,27)/b9-8-,22-16?. The molecule has 1 amide bonds. The number of hydrogen-bond acceptors (Lipinski definition) is 6. The number of benzene rings is 1. The number of carbonyl (C=O) groups is 1. The molecule has 2 aliphatic rings. The van der Waals surface area contributed by atoms with E-state index in [0.29, 0.717) is 22.2 Å². The molecule has 144 valence electrons. The predicted octanol–water partition coefficient (Wildman–Crippen LogP) is 2.24. The largest absolute Gasteiger partial charge is 0.481 e. The molecule has 0 saturated carbocycles. The summed E-state index contributed by atoms with van der Waals surface area (Å²) in [5, 5.41) is 12.7. The molecule has 1 aromatic carbocycles. The number of nitrogens with zero attached hydrogens (tertiary/aromatic N) is 2. The van der Waals surface area contributed by atoms with Crippen molar-refractivity contribution in [3.63, 3.8) is 0 Å². The lowest BCUT2D eigenvalue weighted by atomic mass is 10.1. The Morgan fingerprint density at radius 2 is 2.07 bits per heavy atom. The molecule has 0 aromatic heterocycles. The molecule has 1 aromatic rings. The van der Waals surface area contributed by atoms with Gasteiger partial charge in [-0.15, -0.1) is 0 Å². The summed E-state index contributed by atoms with van der Waals surface area (Å²) in [6.07, 6.45) is 6.35. The third kappa shape index (κ3) is 3.91. The van der Waals surface area contributed by atoms with Gasteiger partial charge in [-0.2, -0.15) is 4.99 Å². The fourth-order valence-electron chi connectivity index (χ4n) is 2.67. The van der Waals surface area contributed by atoms with Crippen LogP contribution in [0, 0.1) is 5.41 Å². The first-order chi connectivity index (χ1) is 13.4. The maximum absolute atomic E-state index is 12.7. The number of rotatable bonds is 4. The molecule has 0 saturated heterocycles. The lowest BCUT2D eigenvalue weighted by molar-refractivity contribution is -0.115. The first-order valence-electron chi connectivity index (χ1n) is 8.31. The Morgan fingerprint density at radius 3 is 2.79 bits per heavy atom. The van der Waals surface area contributed by atoms with Crippen LogP contribution in [0.25, 0.3) is 5.70 Å². The molecule has 0 aliphatic carbocycles. The van der Waals surface area contributed by atoms with Gasteiger partial charge in [-0.1, -0.05) is 29.8 Å². The van der Waals surface area contributed by atoms with Crippen molar-refractivity contribution in [3.8, 4) is 0 Å². The number of halogens is 1. The Kier molecular flexibility index (Phi) is 5.51. The van der Waals surface area contributed by atoms with Crippen LogP contribution in [0.3, 0.4) is 0 Å². The van der Waals surface area contributed by atoms with Crippen LogP contribution < -0.4 is 16.5 Å². The molecule has 9 heteroatoms. The normalized spacial score (nSPS) is 16.2. The van der Waals surface area contributed by atoms with E-state index < -0.39 is 5.91 Å². The van der Waals surface area contributed by atoms with E-state index in [2.05, 4.69) is 15.7 Å². The second-order valence-electron chi connectivity index (χ2n) is 5.90. The van der Waals surface area contributed by atoms with Crippen LogP contribution in [0.4, 0.5) is 0 Å². The summed E-state index contributed by atoms with van der Waals surface area (Å²) in [5.74, 6) is 0.0129. The van der Waals surface area contributed by atoms with Crippen molar-refractivity contribution in [2.45, 2.75) is 6.92 Å². The molecule has 2 aliphatic heterocycles. The quantitative estimate of drug-likeness (QED) is 0.456. The number of aliphatic imine (C=N–C) groups is 1. The van der Waals surface area contributed by atoms with Crippen molar-refractivity contribution in [2.75, 3.05) is 7.11 Å². The zero-order chi connectivity index (χ0) is 20.3. The van der Waals surface area contributed by atoms with Crippen molar-refractivity contribution in [2.24, 2.45) is 10.7 Å². The number of amides is 1. The summed E-state index contributed by atoms with van der Waals surface area (Å²) in [4.78, 5) is 16.6. The van der Waals surface area contributed by atoms with Gasteiger partial charge in [0.05, 0.1) is 12.8 Å². The number of amidine groups is 1. The van der Waals surface area contributed by atoms with Gasteiger partial charge in [-0.3, -0.25) is 15.6 Å². The van der Waals surface area contributed by atoms with Crippen molar-refractivity contribution in [1.82, 2.24) is 15.8 Å². The minimum absolute atomic E-state index is 0.0385. The number of hydrazine groups is 1. The minimum Gasteiger partial charge on any atom is -0.481 e. The summed E-state index contributed by atoms with van der Waals surface area (Å²) in [5.41, 5.74) is 11.4. The maximum Gasteiger partial charge on any atom is 0.299 e. The van der Waals surface area contributed by atoms with Crippen LogP contribution in [0.5, 0.6) is 0 Å². The Labute approximate surface area is 167 Å². The van der Waals surface area contributed by atoms with Gasteiger partial charge in [0.25, 0.3) is 5.91 Å². The van der Waals surface area contributed by atoms with Crippen LogP contribution in [0.2, 0.25) is 5.02 Å². The van der Waals surface area contributed by atoms with Gasteiger partial charge in [0.2, 0.25) is 5.90 Å². The SMILES string of the molecule is COC(=N)/C=C\C(N)=NC(=O)C1=C(C)NC2=CC=C(c3ccccc3Cl)NN21. The van der Waals surface area contributed by atoms with E-state index in [1.807, 2.05) is 30.4 Å². The fraction of sp³-hybridized carbons (Fsp3) is 0.105. The van der Waals surface area contributed by atoms with Crippen molar-refractivity contribution in [1.29, 1.82) is 5.41 Å². The lowest BCUT2D eigenvalue weighted by Gasteiger charge is -2.28. The first-order valence-corrected chi connectivity index (χ1v) is 8.69. The Bertz CT molecular complexity index is 990. The van der Waals surface area contributed by atoms with E-state index in [0.717, 1.165) is 11.3 Å². The van der Waals surface area contributed by atoms with Crippen LogP contribution in [-0.2, 0) is 9.53 Å². The molecule has 5 N–H and O–H groups in total. The molecule has 0 fully saturated rings. The molecule has 0 radical (unpaired) electrons. The summed E-state index contributed by atoms with van der Waals surface area (Å²) in [6.45, 7) is 1.77.